The van der Waals surface area contributed by atoms with E-state index in [-0.39, 0.29) is 47.5 Å². The van der Waals surface area contributed by atoms with Gasteiger partial charge in [0.05, 0.1) is 0 Å². The molecule has 0 unspecified atom stereocenters. The van der Waals surface area contributed by atoms with E-state index < -0.39 is 11.9 Å². The van der Waals surface area contributed by atoms with E-state index in [0.717, 1.165) is 6.92 Å². The third kappa shape index (κ3) is 4810. The minimum absolute atomic E-state index is 0. The third-order valence-corrected chi connectivity index (χ3v) is 0. The van der Waals surface area contributed by atoms with Gasteiger partial charge in [-0.05, 0) is 0 Å². The van der Waals surface area contributed by atoms with E-state index in [2.05, 4.69) is 6.92 Å². The summed E-state index contributed by atoms with van der Waals surface area (Å²) in [5.74, 6) is -1.92. The molecule has 0 aromatic carbocycles. The molecule has 0 fully saturated rings. The molecule has 0 rings (SSSR count). The number of carboxylic acids is 2. The van der Waals surface area contributed by atoms with Crippen LogP contribution in [0.2, 0.25) is 0 Å². The van der Waals surface area contributed by atoms with Crippen LogP contribution < -0.4 is 29.6 Å². The molecule has 0 aromatic heterocycles. The zero-order valence-corrected chi connectivity index (χ0v) is 8.72. The molecule has 0 atom stereocenters. The summed E-state index contributed by atoms with van der Waals surface area (Å²) in [5, 5.41) is 14.7. The van der Waals surface area contributed by atoms with Gasteiger partial charge in [-0.25, -0.2) is 0 Å². The Labute approximate surface area is 92.7 Å². The van der Waals surface area contributed by atoms with Crippen molar-refractivity contribution >= 4 is 11.9 Å². The average Bonchev–Trinajstić information content (AvgIpc) is 1.25. The van der Waals surface area contributed by atoms with Crippen LogP contribution >= 0.6 is 0 Å². The first kappa shape index (κ1) is 22.4. The van der Waals surface area contributed by atoms with Crippen molar-refractivity contribution in [2.24, 2.45) is 0 Å². The first-order valence-corrected chi connectivity index (χ1v) is 1.71. The summed E-state index contributed by atoms with van der Waals surface area (Å²) < 4.78 is 0. The summed E-state index contributed by atoms with van der Waals surface area (Å²) >= 11 is 0. The van der Waals surface area contributed by atoms with E-state index in [9.17, 15) is 0 Å². The SMILES string of the molecule is CC(=O)O.[CH2-]C(=O)O.[H-].[Na+].[Ni]. The predicted molar refractivity (Wildman–Crippen MR) is 27.4 cm³/mol. The largest absolute Gasteiger partial charge is 1.00 e. The number of aliphatic carboxylic acids is 2. The van der Waals surface area contributed by atoms with Crippen molar-refractivity contribution in [2.45, 2.75) is 6.92 Å². The molecule has 0 heterocycles. The molecule has 10 heavy (non-hydrogen) atoms. The zero-order chi connectivity index (χ0) is 7.15. The minimum atomic E-state index is -1.08. The summed E-state index contributed by atoms with van der Waals surface area (Å²) in [5.41, 5.74) is 0. The van der Waals surface area contributed by atoms with Gasteiger partial charge in [0.15, 0.2) is 5.97 Å². The van der Waals surface area contributed by atoms with Crippen molar-refractivity contribution in [3.8, 4) is 0 Å². The van der Waals surface area contributed by atoms with Crippen LogP contribution in [0.15, 0.2) is 0 Å². The van der Waals surface area contributed by atoms with Gasteiger partial charge in [-0.15, -0.1) is 0 Å². The van der Waals surface area contributed by atoms with E-state index in [0.29, 0.717) is 0 Å². The number of rotatable bonds is 0. The summed E-state index contributed by atoms with van der Waals surface area (Å²) in [4.78, 5) is 17.9. The third-order valence-electron chi connectivity index (χ3n) is 0. The van der Waals surface area contributed by atoms with Crippen molar-refractivity contribution in [1.29, 1.82) is 0 Å². The van der Waals surface area contributed by atoms with Gasteiger partial charge in [-0.1, -0.05) is 0 Å². The van der Waals surface area contributed by atoms with Crippen LogP contribution in [-0.4, -0.2) is 22.2 Å². The Hall–Kier alpha value is 0.304. The normalized spacial score (nSPS) is 4.90. The van der Waals surface area contributed by atoms with Crippen molar-refractivity contribution in [2.75, 3.05) is 0 Å². The summed E-state index contributed by atoms with van der Waals surface area (Å²) in [6.07, 6.45) is 0. The number of carboxylic acid groups (broad SMARTS) is 2. The second-order valence-electron chi connectivity index (χ2n) is 0.913. The van der Waals surface area contributed by atoms with Crippen LogP contribution in [0.3, 0.4) is 0 Å². The Morgan fingerprint density at radius 3 is 1.40 bits per heavy atom. The van der Waals surface area contributed by atoms with Crippen LogP contribution in [0.25, 0.3) is 0 Å². The number of hydrogen-bond acceptors (Lipinski definition) is 2. The van der Waals surface area contributed by atoms with Crippen molar-refractivity contribution in [3.63, 3.8) is 0 Å². The van der Waals surface area contributed by atoms with Crippen LogP contribution in [0.1, 0.15) is 8.35 Å². The standard InChI is InChI=1S/C2H4O2.C2H3O2.Na.Ni.H/c2*1-2(3)4;;;/h1H3,(H,3,4);1H2,(H,3,4);;;/q;-1;+1;;-1. The van der Waals surface area contributed by atoms with E-state index in [1.54, 1.807) is 0 Å². The van der Waals surface area contributed by atoms with E-state index >= 15 is 0 Å². The van der Waals surface area contributed by atoms with Gasteiger partial charge >= 0.3 is 29.6 Å². The molecule has 0 amide bonds. The molecule has 0 saturated heterocycles. The number of hydrogen-bond donors (Lipinski definition) is 2. The molecular formula is C4H8NaNiO4-. The van der Waals surface area contributed by atoms with Crippen LogP contribution in [0.5, 0.6) is 0 Å². The first-order chi connectivity index (χ1) is 3.46. The molecule has 0 aliphatic heterocycles. The molecule has 6 heteroatoms. The Morgan fingerprint density at radius 1 is 1.40 bits per heavy atom. The quantitative estimate of drug-likeness (QED) is 0.326. The van der Waals surface area contributed by atoms with E-state index in [4.69, 9.17) is 19.8 Å². The van der Waals surface area contributed by atoms with Gasteiger partial charge in [0.25, 0.3) is 5.97 Å². The Bertz CT molecular complexity index is 80.1. The molecular weight excluding hydrogens is 194 g/mol. The average molecular weight is 202 g/mol. The molecule has 0 radical (unpaired) electrons. The Balaban J connectivity index is -0.0000000171. The minimum Gasteiger partial charge on any atom is -1.00 e. The summed E-state index contributed by atoms with van der Waals surface area (Å²) in [6.45, 7) is 3.64. The van der Waals surface area contributed by atoms with Crippen LogP contribution in [0, 0.1) is 6.92 Å². The maximum Gasteiger partial charge on any atom is 1.00 e. The monoisotopic (exact) mass is 201 g/mol. The van der Waals surface area contributed by atoms with Gasteiger partial charge in [0.2, 0.25) is 0 Å². The topological polar surface area (TPSA) is 74.6 Å². The van der Waals surface area contributed by atoms with E-state index in [1.807, 2.05) is 0 Å². The molecule has 0 aliphatic rings. The number of carbonyl (C=O) groups is 2. The van der Waals surface area contributed by atoms with Crippen molar-refractivity contribution in [1.82, 2.24) is 0 Å². The van der Waals surface area contributed by atoms with Gasteiger partial charge in [-0.3, -0.25) is 16.5 Å². The molecule has 0 spiro atoms. The maximum absolute atomic E-state index is 9.00. The molecule has 2 N–H and O–H groups in total. The fourth-order valence-electron chi connectivity index (χ4n) is 0. The van der Waals surface area contributed by atoms with Gasteiger partial charge in [-0.2, -0.15) is 0 Å². The van der Waals surface area contributed by atoms with Gasteiger partial charge < -0.3 is 11.6 Å². The molecule has 0 aromatic rings. The van der Waals surface area contributed by atoms with Gasteiger partial charge in [0, 0.05) is 23.4 Å². The first-order valence-electron chi connectivity index (χ1n) is 1.71. The smallest absolute Gasteiger partial charge is 1.00 e. The van der Waals surface area contributed by atoms with Crippen molar-refractivity contribution in [3.05, 3.63) is 6.92 Å². The van der Waals surface area contributed by atoms with E-state index in [1.165, 1.54) is 0 Å². The molecule has 0 saturated carbocycles. The van der Waals surface area contributed by atoms with Crippen molar-refractivity contribution < 1.29 is 67.3 Å². The molecule has 60 valence electrons. The summed E-state index contributed by atoms with van der Waals surface area (Å²) in [7, 11) is 0. The second kappa shape index (κ2) is 16.1. The second-order valence-corrected chi connectivity index (χ2v) is 0.913. The molecule has 0 aliphatic carbocycles. The maximum atomic E-state index is 9.00. The Kier molecular flexibility index (Phi) is 36.2. The molecule has 0 bridgehead atoms. The van der Waals surface area contributed by atoms with Gasteiger partial charge in [0.1, 0.15) is 0 Å². The molecule has 4 nitrogen and oxygen atoms in total. The fourth-order valence-corrected chi connectivity index (χ4v) is 0. The Morgan fingerprint density at radius 2 is 1.40 bits per heavy atom. The zero-order valence-electron chi connectivity index (χ0n) is 6.73. The van der Waals surface area contributed by atoms with Crippen LogP contribution in [0.4, 0.5) is 0 Å². The fraction of sp³-hybridized carbons (Fsp3) is 0.250. The predicted octanol–water partition coefficient (Wildman–Crippen LogP) is -2.89. The van der Waals surface area contributed by atoms with Crippen LogP contribution in [-0.2, 0) is 26.1 Å². The summed E-state index contributed by atoms with van der Waals surface area (Å²) in [6, 6.07) is 0.